The van der Waals surface area contributed by atoms with E-state index in [4.69, 9.17) is 4.74 Å². The molecule has 110 valence electrons. The second kappa shape index (κ2) is 6.30. The maximum absolute atomic E-state index is 12.3. The first-order valence-electron chi connectivity index (χ1n) is 6.75. The van der Waals surface area contributed by atoms with Crippen LogP contribution in [0.4, 0.5) is 0 Å². The summed E-state index contributed by atoms with van der Waals surface area (Å²) >= 11 is 1.39. The number of thiazole rings is 1. The van der Waals surface area contributed by atoms with Crippen molar-refractivity contribution in [3.8, 4) is 10.6 Å². The molecular formula is C14H16N4O2S. The third-order valence-electron chi connectivity index (χ3n) is 3.18. The standard InChI is InChI=1S/C14H16N4O2S/c1-10-12(13(19)17-18-5-7-20-8-6-18)21-14(16-10)11-3-2-4-15-9-11/h2-4,9H,5-8H2,1H3,(H,17,19). The summed E-state index contributed by atoms with van der Waals surface area (Å²) in [6, 6.07) is 3.80. The van der Waals surface area contributed by atoms with Gasteiger partial charge in [0.15, 0.2) is 0 Å². The van der Waals surface area contributed by atoms with Crippen LogP contribution in [-0.4, -0.2) is 47.2 Å². The smallest absolute Gasteiger partial charge is 0.277 e. The molecule has 0 aliphatic carbocycles. The van der Waals surface area contributed by atoms with Crippen LogP contribution in [0.2, 0.25) is 0 Å². The fourth-order valence-corrected chi connectivity index (χ4v) is 3.04. The summed E-state index contributed by atoms with van der Waals surface area (Å²) in [5.74, 6) is -0.109. The summed E-state index contributed by atoms with van der Waals surface area (Å²) in [7, 11) is 0. The predicted molar refractivity (Wildman–Crippen MR) is 79.9 cm³/mol. The van der Waals surface area contributed by atoms with Crippen LogP contribution < -0.4 is 5.43 Å². The first-order chi connectivity index (χ1) is 10.2. The van der Waals surface area contributed by atoms with E-state index in [1.54, 1.807) is 12.4 Å². The van der Waals surface area contributed by atoms with E-state index in [0.29, 0.717) is 31.2 Å². The van der Waals surface area contributed by atoms with E-state index in [-0.39, 0.29) is 5.91 Å². The Labute approximate surface area is 126 Å². The Hall–Kier alpha value is -1.83. The molecule has 1 aliphatic heterocycles. The Morgan fingerprint density at radius 3 is 2.95 bits per heavy atom. The second-order valence-corrected chi connectivity index (χ2v) is 5.71. The van der Waals surface area contributed by atoms with Crippen molar-refractivity contribution in [1.29, 1.82) is 0 Å². The summed E-state index contributed by atoms with van der Waals surface area (Å²) in [5.41, 5.74) is 4.58. The molecule has 7 heteroatoms. The number of nitrogens with zero attached hydrogens (tertiary/aromatic N) is 3. The Bertz CT molecular complexity index is 623. The van der Waals surface area contributed by atoms with E-state index in [1.807, 2.05) is 24.1 Å². The topological polar surface area (TPSA) is 67.4 Å². The minimum absolute atomic E-state index is 0.109. The zero-order valence-electron chi connectivity index (χ0n) is 11.7. The monoisotopic (exact) mass is 304 g/mol. The van der Waals surface area contributed by atoms with Crippen LogP contribution >= 0.6 is 11.3 Å². The van der Waals surface area contributed by atoms with Crippen molar-refractivity contribution in [2.75, 3.05) is 26.3 Å². The van der Waals surface area contributed by atoms with Gasteiger partial charge in [0.25, 0.3) is 5.91 Å². The summed E-state index contributed by atoms with van der Waals surface area (Å²) in [4.78, 5) is 21.5. The van der Waals surface area contributed by atoms with Gasteiger partial charge < -0.3 is 4.74 Å². The number of carbonyl (C=O) groups is 1. The van der Waals surface area contributed by atoms with Crippen molar-refractivity contribution < 1.29 is 9.53 Å². The van der Waals surface area contributed by atoms with Gasteiger partial charge in [-0.3, -0.25) is 15.2 Å². The lowest BCUT2D eigenvalue weighted by molar-refractivity contribution is 0.0127. The number of morpholine rings is 1. The van der Waals surface area contributed by atoms with Crippen LogP contribution in [0.5, 0.6) is 0 Å². The number of hydrogen-bond donors (Lipinski definition) is 1. The quantitative estimate of drug-likeness (QED) is 0.930. The van der Waals surface area contributed by atoms with E-state index in [1.165, 1.54) is 11.3 Å². The number of aryl methyl sites for hydroxylation is 1. The number of rotatable bonds is 3. The molecule has 1 fully saturated rings. The third kappa shape index (κ3) is 3.26. The lowest BCUT2D eigenvalue weighted by Crippen LogP contribution is -2.48. The van der Waals surface area contributed by atoms with E-state index >= 15 is 0 Å². The van der Waals surface area contributed by atoms with Crippen molar-refractivity contribution in [3.05, 3.63) is 35.1 Å². The number of carbonyl (C=O) groups excluding carboxylic acids is 1. The molecule has 2 aromatic heterocycles. The predicted octanol–water partition coefficient (Wildman–Crippen LogP) is 1.49. The third-order valence-corrected chi connectivity index (χ3v) is 4.39. The van der Waals surface area contributed by atoms with Gasteiger partial charge >= 0.3 is 0 Å². The number of aromatic nitrogens is 2. The maximum atomic E-state index is 12.3. The van der Waals surface area contributed by atoms with E-state index in [0.717, 1.165) is 16.3 Å². The highest BCUT2D eigenvalue weighted by atomic mass is 32.1. The van der Waals surface area contributed by atoms with Gasteiger partial charge in [-0.15, -0.1) is 11.3 Å². The van der Waals surface area contributed by atoms with E-state index < -0.39 is 0 Å². The normalized spacial score (nSPS) is 15.9. The molecular weight excluding hydrogens is 288 g/mol. The van der Waals surface area contributed by atoms with E-state index in [9.17, 15) is 4.79 Å². The van der Waals surface area contributed by atoms with Crippen molar-refractivity contribution in [2.24, 2.45) is 0 Å². The average molecular weight is 304 g/mol. The molecule has 0 radical (unpaired) electrons. The van der Waals surface area contributed by atoms with Gasteiger partial charge in [0.05, 0.1) is 18.9 Å². The minimum atomic E-state index is -0.109. The number of pyridine rings is 1. The molecule has 1 saturated heterocycles. The molecule has 3 rings (SSSR count). The fourth-order valence-electron chi connectivity index (χ4n) is 2.09. The van der Waals surface area contributed by atoms with Gasteiger partial charge in [-0.2, -0.15) is 0 Å². The molecule has 0 saturated carbocycles. The number of nitrogens with one attached hydrogen (secondary N) is 1. The molecule has 21 heavy (non-hydrogen) atoms. The summed E-state index contributed by atoms with van der Waals surface area (Å²) < 4.78 is 5.26. The van der Waals surface area contributed by atoms with Gasteiger partial charge in [0.1, 0.15) is 9.88 Å². The maximum Gasteiger partial charge on any atom is 0.277 e. The van der Waals surface area contributed by atoms with Gasteiger partial charge in [-0.05, 0) is 19.1 Å². The Kier molecular flexibility index (Phi) is 4.23. The van der Waals surface area contributed by atoms with Crippen LogP contribution in [0.15, 0.2) is 24.5 Å². The second-order valence-electron chi connectivity index (χ2n) is 4.72. The van der Waals surface area contributed by atoms with Crippen LogP contribution in [0.3, 0.4) is 0 Å². The van der Waals surface area contributed by atoms with Crippen LogP contribution in [0.25, 0.3) is 10.6 Å². The summed E-state index contributed by atoms with van der Waals surface area (Å²) in [6.07, 6.45) is 3.47. The zero-order chi connectivity index (χ0) is 14.7. The number of ether oxygens (including phenoxy) is 1. The van der Waals surface area contributed by atoms with Gasteiger partial charge in [-0.1, -0.05) is 0 Å². The van der Waals surface area contributed by atoms with Gasteiger partial charge in [0.2, 0.25) is 0 Å². The average Bonchev–Trinajstić information content (AvgIpc) is 2.91. The summed E-state index contributed by atoms with van der Waals surface area (Å²) in [5, 5.41) is 2.70. The molecule has 0 atom stereocenters. The Morgan fingerprint density at radius 2 is 2.24 bits per heavy atom. The number of hydrazine groups is 1. The minimum Gasteiger partial charge on any atom is -0.379 e. The molecule has 1 amide bonds. The molecule has 0 aromatic carbocycles. The molecule has 2 aromatic rings. The lowest BCUT2D eigenvalue weighted by Gasteiger charge is -2.26. The largest absolute Gasteiger partial charge is 0.379 e. The highest BCUT2D eigenvalue weighted by Gasteiger charge is 2.19. The molecule has 0 unspecified atom stereocenters. The molecule has 1 aliphatic rings. The number of hydrogen-bond acceptors (Lipinski definition) is 6. The Morgan fingerprint density at radius 1 is 1.43 bits per heavy atom. The first kappa shape index (κ1) is 14.1. The highest BCUT2D eigenvalue weighted by molar-refractivity contribution is 7.17. The summed E-state index contributed by atoms with van der Waals surface area (Å²) in [6.45, 7) is 4.55. The van der Waals surface area contributed by atoms with Crippen molar-refractivity contribution in [1.82, 2.24) is 20.4 Å². The van der Waals surface area contributed by atoms with Crippen molar-refractivity contribution in [2.45, 2.75) is 6.92 Å². The highest BCUT2D eigenvalue weighted by Crippen LogP contribution is 2.27. The first-order valence-corrected chi connectivity index (χ1v) is 7.57. The van der Waals surface area contributed by atoms with Crippen molar-refractivity contribution >= 4 is 17.2 Å². The van der Waals surface area contributed by atoms with Crippen LogP contribution in [-0.2, 0) is 4.74 Å². The van der Waals surface area contributed by atoms with Gasteiger partial charge in [-0.25, -0.2) is 9.99 Å². The van der Waals surface area contributed by atoms with Gasteiger partial charge in [0, 0.05) is 31.0 Å². The Balaban J connectivity index is 1.76. The molecule has 0 bridgehead atoms. The van der Waals surface area contributed by atoms with Crippen LogP contribution in [0.1, 0.15) is 15.4 Å². The molecule has 1 N–H and O–H groups in total. The number of amides is 1. The SMILES string of the molecule is Cc1nc(-c2cccnc2)sc1C(=O)NN1CCOCC1. The van der Waals surface area contributed by atoms with Crippen molar-refractivity contribution in [3.63, 3.8) is 0 Å². The van der Waals surface area contributed by atoms with Crippen LogP contribution in [0, 0.1) is 6.92 Å². The molecule has 0 spiro atoms. The molecule has 3 heterocycles. The fraction of sp³-hybridized carbons (Fsp3) is 0.357. The molecule has 6 nitrogen and oxygen atoms in total. The zero-order valence-corrected chi connectivity index (χ0v) is 12.5. The van der Waals surface area contributed by atoms with E-state index in [2.05, 4.69) is 15.4 Å². The lowest BCUT2D eigenvalue weighted by atomic mass is 10.3.